The zero-order valence-electron chi connectivity index (χ0n) is 10.2. The van der Waals surface area contributed by atoms with Crippen molar-refractivity contribution in [3.63, 3.8) is 0 Å². The number of alkyl halides is 1. The number of pyridine rings is 1. The Labute approximate surface area is 108 Å². The minimum atomic E-state index is 0.212. The van der Waals surface area contributed by atoms with E-state index in [2.05, 4.69) is 30.1 Å². The molecule has 2 aromatic rings. The first-order valence-corrected chi connectivity index (χ1v) is 6.72. The van der Waals surface area contributed by atoms with Gasteiger partial charge in [0.15, 0.2) is 0 Å². The third kappa shape index (κ3) is 3.44. The van der Waals surface area contributed by atoms with Crippen molar-refractivity contribution in [3.8, 4) is 0 Å². The lowest BCUT2D eigenvalue weighted by molar-refractivity contribution is 0.669. The quantitative estimate of drug-likeness (QED) is 0.705. The molecule has 0 aliphatic carbocycles. The van der Waals surface area contributed by atoms with Gasteiger partial charge in [-0.2, -0.15) is 0 Å². The molecule has 90 valence electrons. The highest BCUT2D eigenvalue weighted by Gasteiger charge is 2.06. The van der Waals surface area contributed by atoms with Crippen molar-refractivity contribution in [3.05, 3.63) is 42.1 Å². The Morgan fingerprint density at radius 2 is 2.00 bits per heavy atom. The highest BCUT2D eigenvalue weighted by atomic mass is 35.5. The van der Waals surface area contributed by atoms with Crippen molar-refractivity contribution in [1.29, 1.82) is 0 Å². The lowest BCUT2D eigenvalue weighted by Gasteiger charge is -2.08. The molecule has 1 atom stereocenters. The Bertz CT molecular complexity index is 481. The van der Waals surface area contributed by atoms with Crippen LogP contribution in [0.15, 0.2) is 36.4 Å². The van der Waals surface area contributed by atoms with E-state index >= 15 is 0 Å². The van der Waals surface area contributed by atoms with Crippen LogP contribution < -0.4 is 0 Å². The van der Waals surface area contributed by atoms with Gasteiger partial charge in [-0.15, -0.1) is 11.6 Å². The maximum absolute atomic E-state index is 6.31. The van der Waals surface area contributed by atoms with Crippen molar-refractivity contribution in [1.82, 2.24) is 4.98 Å². The smallest absolute Gasteiger partial charge is 0.0705 e. The predicted octanol–water partition coefficient (Wildman–Crippen LogP) is 4.57. The van der Waals surface area contributed by atoms with Crippen molar-refractivity contribution in [2.24, 2.45) is 0 Å². The van der Waals surface area contributed by atoms with Crippen LogP contribution in [0.5, 0.6) is 0 Å². The molecule has 1 unspecified atom stereocenters. The van der Waals surface area contributed by atoms with E-state index in [0.717, 1.165) is 24.1 Å². The van der Waals surface area contributed by atoms with Crippen LogP contribution in [0.25, 0.3) is 10.9 Å². The number of fused-ring (bicyclic) bond motifs is 1. The molecule has 2 heteroatoms. The maximum atomic E-state index is 6.31. The molecule has 0 bridgehead atoms. The van der Waals surface area contributed by atoms with Crippen LogP contribution in [0, 0.1) is 0 Å². The van der Waals surface area contributed by atoms with Crippen LogP contribution in [0.2, 0.25) is 0 Å². The molecule has 0 saturated heterocycles. The van der Waals surface area contributed by atoms with Gasteiger partial charge in [-0.25, -0.2) is 0 Å². The minimum absolute atomic E-state index is 0.212. The highest BCUT2D eigenvalue weighted by Crippen LogP contribution is 2.16. The predicted molar refractivity (Wildman–Crippen MR) is 74.6 cm³/mol. The van der Waals surface area contributed by atoms with Gasteiger partial charge in [0.2, 0.25) is 0 Å². The molecule has 0 amide bonds. The third-order valence-corrected chi connectivity index (χ3v) is 3.33. The summed E-state index contributed by atoms with van der Waals surface area (Å²) in [5, 5.41) is 1.40. The van der Waals surface area contributed by atoms with Gasteiger partial charge in [-0.05, 0) is 18.6 Å². The summed E-state index contributed by atoms with van der Waals surface area (Å²) < 4.78 is 0. The molecule has 0 spiro atoms. The molecule has 0 N–H and O–H groups in total. The molecule has 0 fully saturated rings. The lowest BCUT2D eigenvalue weighted by atomic mass is 10.1. The summed E-state index contributed by atoms with van der Waals surface area (Å²) in [6, 6.07) is 12.4. The van der Waals surface area contributed by atoms with Crippen LogP contribution in [-0.4, -0.2) is 10.4 Å². The van der Waals surface area contributed by atoms with Gasteiger partial charge in [0.25, 0.3) is 0 Å². The van der Waals surface area contributed by atoms with Crippen LogP contribution in [0.1, 0.15) is 31.9 Å². The fraction of sp³-hybridized carbons (Fsp3) is 0.400. The SMILES string of the molecule is CCCCC(Cl)Cc1ccc2ccccc2n1. The average Bonchev–Trinajstić information content (AvgIpc) is 2.36. The maximum Gasteiger partial charge on any atom is 0.0705 e. The summed E-state index contributed by atoms with van der Waals surface area (Å²) in [5.74, 6) is 0. The van der Waals surface area contributed by atoms with Gasteiger partial charge >= 0.3 is 0 Å². The number of hydrogen-bond donors (Lipinski definition) is 0. The average molecular weight is 248 g/mol. The van der Waals surface area contributed by atoms with E-state index in [0.29, 0.717) is 0 Å². The fourth-order valence-corrected chi connectivity index (χ4v) is 2.29. The van der Waals surface area contributed by atoms with Gasteiger partial charge < -0.3 is 0 Å². The standard InChI is InChI=1S/C15H18ClN/c1-2-3-7-13(16)11-14-10-9-12-6-4-5-8-15(12)17-14/h4-6,8-10,13H,2-3,7,11H2,1H3. The van der Waals surface area contributed by atoms with Crippen molar-refractivity contribution in [2.45, 2.75) is 38.0 Å². The molecule has 0 aliphatic heterocycles. The van der Waals surface area contributed by atoms with E-state index in [1.165, 1.54) is 18.2 Å². The van der Waals surface area contributed by atoms with Crippen molar-refractivity contribution < 1.29 is 0 Å². The molecule has 2 rings (SSSR count). The topological polar surface area (TPSA) is 12.9 Å². The number of rotatable bonds is 5. The normalized spacial score (nSPS) is 12.8. The summed E-state index contributed by atoms with van der Waals surface area (Å²) in [6.45, 7) is 2.19. The second-order valence-electron chi connectivity index (χ2n) is 4.44. The second-order valence-corrected chi connectivity index (χ2v) is 5.06. The molecular formula is C15H18ClN. The summed E-state index contributed by atoms with van der Waals surface area (Å²) in [5.41, 5.74) is 2.16. The van der Waals surface area contributed by atoms with Gasteiger partial charge in [0.05, 0.1) is 5.52 Å². The van der Waals surface area contributed by atoms with E-state index in [-0.39, 0.29) is 5.38 Å². The number of para-hydroxylation sites is 1. The zero-order valence-corrected chi connectivity index (χ0v) is 11.0. The molecule has 0 radical (unpaired) electrons. The molecule has 0 aliphatic rings. The number of benzene rings is 1. The number of halogens is 1. The zero-order chi connectivity index (χ0) is 12.1. The summed E-state index contributed by atoms with van der Waals surface area (Å²) in [6.07, 6.45) is 4.34. The number of nitrogens with zero attached hydrogens (tertiary/aromatic N) is 1. The molecule has 0 saturated carbocycles. The van der Waals surface area contributed by atoms with Gasteiger partial charge in [0, 0.05) is 22.9 Å². The number of aromatic nitrogens is 1. The first-order chi connectivity index (χ1) is 8.29. The largest absolute Gasteiger partial charge is 0.253 e. The van der Waals surface area contributed by atoms with E-state index in [1.807, 2.05) is 18.2 Å². The molecule has 1 nitrogen and oxygen atoms in total. The van der Waals surface area contributed by atoms with E-state index in [4.69, 9.17) is 11.6 Å². The van der Waals surface area contributed by atoms with Crippen molar-refractivity contribution >= 4 is 22.5 Å². The van der Waals surface area contributed by atoms with Crippen LogP contribution in [-0.2, 0) is 6.42 Å². The Kier molecular flexibility index (Phi) is 4.38. The monoisotopic (exact) mass is 247 g/mol. The second kappa shape index (κ2) is 6.02. The summed E-state index contributed by atoms with van der Waals surface area (Å²) >= 11 is 6.31. The molecular weight excluding hydrogens is 230 g/mol. The molecule has 1 heterocycles. The Balaban J connectivity index is 2.08. The van der Waals surface area contributed by atoms with Crippen LogP contribution in [0.4, 0.5) is 0 Å². The van der Waals surface area contributed by atoms with Gasteiger partial charge in [-0.1, -0.05) is 44.0 Å². The first-order valence-electron chi connectivity index (χ1n) is 6.28. The van der Waals surface area contributed by atoms with E-state index < -0.39 is 0 Å². The lowest BCUT2D eigenvalue weighted by Crippen LogP contribution is -2.04. The summed E-state index contributed by atoms with van der Waals surface area (Å²) in [7, 11) is 0. The molecule has 1 aromatic carbocycles. The molecule has 17 heavy (non-hydrogen) atoms. The van der Waals surface area contributed by atoms with E-state index in [1.54, 1.807) is 0 Å². The fourth-order valence-electron chi connectivity index (χ4n) is 1.98. The first kappa shape index (κ1) is 12.4. The van der Waals surface area contributed by atoms with E-state index in [9.17, 15) is 0 Å². The molecule has 1 aromatic heterocycles. The van der Waals surface area contributed by atoms with Crippen molar-refractivity contribution in [2.75, 3.05) is 0 Å². The summed E-state index contributed by atoms with van der Waals surface area (Å²) in [4.78, 5) is 4.64. The van der Waals surface area contributed by atoms with Crippen LogP contribution in [0.3, 0.4) is 0 Å². The van der Waals surface area contributed by atoms with Crippen LogP contribution >= 0.6 is 11.6 Å². The van der Waals surface area contributed by atoms with Gasteiger partial charge in [-0.3, -0.25) is 4.98 Å². The van der Waals surface area contributed by atoms with Gasteiger partial charge in [0.1, 0.15) is 0 Å². The minimum Gasteiger partial charge on any atom is -0.253 e. The number of unbranched alkanes of at least 4 members (excludes halogenated alkanes) is 1. The Morgan fingerprint density at radius 3 is 2.82 bits per heavy atom. The third-order valence-electron chi connectivity index (χ3n) is 2.96. The Hall–Kier alpha value is -1.08. The Morgan fingerprint density at radius 1 is 1.18 bits per heavy atom. The number of hydrogen-bond acceptors (Lipinski definition) is 1. The highest BCUT2D eigenvalue weighted by molar-refractivity contribution is 6.20.